The highest BCUT2D eigenvalue weighted by atomic mass is 16.5. The van der Waals surface area contributed by atoms with Gasteiger partial charge in [-0.1, -0.05) is 6.08 Å². The van der Waals surface area contributed by atoms with Crippen molar-refractivity contribution in [1.29, 1.82) is 0 Å². The lowest BCUT2D eigenvalue weighted by molar-refractivity contribution is 0.257. The molecule has 44 valence electrons. The molecule has 1 heterocycles. The Morgan fingerprint density at radius 2 is 2.62 bits per heavy atom. The third kappa shape index (κ3) is 1.12. The molecular weight excluding hydrogens is 100 g/mol. The van der Waals surface area contributed by atoms with E-state index in [1.165, 1.54) is 0 Å². The Bertz CT molecular complexity index is 122. The molecule has 0 unspecified atom stereocenters. The first-order valence-corrected chi connectivity index (χ1v) is 2.89. The van der Waals surface area contributed by atoms with Crippen LogP contribution in [0.25, 0.3) is 0 Å². The summed E-state index contributed by atoms with van der Waals surface area (Å²) in [6.45, 7) is 2.85. The third-order valence-electron chi connectivity index (χ3n) is 1.06. The molecule has 0 saturated carbocycles. The highest BCUT2D eigenvalue weighted by Gasteiger charge is 1.98. The van der Waals surface area contributed by atoms with Crippen molar-refractivity contribution in [3.05, 3.63) is 24.0 Å². The molecule has 0 atom stereocenters. The molecule has 8 heavy (non-hydrogen) atoms. The van der Waals surface area contributed by atoms with E-state index in [2.05, 4.69) is 6.08 Å². The standard InChI is InChI=1S/C7H10O/c1-2-4-7-5-3-6-8-7/h2,4-5H,3,6H2,1H3/b4-2+. The maximum atomic E-state index is 5.17. The van der Waals surface area contributed by atoms with E-state index in [1.807, 2.05) is 19.1 Å². The molecule has 1 aliphatic rings. The van der Waals surface area contributed by atoms with Crippen LogP contribution in [0.2, 0.25) is 0 Å². The summed E-state index contributed by atoms with van der Waals surface area (Å²) in [6, 6.07) is 0. The Morgan fingerprint density at radius 3 is 3.12 bits per heavy atom. The van der Waals surface area contributed by atoms with Gasteiger partial charge in [0.15, 0.2) is 0 Å². The minimum Gasteiger partial charge on any atom is -0.494 e. The normalized spacial score (nSPS) is 18.9. The van der Waals surface area contributed by atoms with Crippen LogP contribution in [0.5, 0.6) is 0 Å². The van der Waals surface area contributed by atoms with Gasteiger partial charge in [-0.15, -0.1) is 0 Å². The topological polar surface area (TPSA) is 9.23 Å². The van der Waals surface area contributed by atoms with Gasteiger partial charge in [0.25, 0.3) is 0 Å². The second-order valence-corrected chi connectivity index (χ2v) is 1.74. The quantitative estimate of drug-likeness (QED) is 0.500. The Kier molecular flexibility index (Phi) is 1.73. The summed E-state index contributed by atoms with van der Waals surface area (Å²) < 4.78 is 5.17. The molecule has 0 amide bonds. The van der Waals surface area contributed by atoms with Crippen molar-refractivity contribution < 1.29 is 4.74 Å². The Labute approximate surface area is 49.7 Å². The number of hydrogen-bond acceptors (Lipinski definition) is 1. The minimum atomic E-state index is 0.861. The maximum Gasteiger partial charge on any atom is 0.115 e. The first kappa shape index (κ1) is 5.42. The summed E-state index contributed by atoms with van der Waals surface area (Å²) in [5, 5.41) is 0. The van der Waals surface area contributed by atoms with Gasteiger partial charge in [-0.2, -0.15) is 0 Å². The molecule has 0 spiro atoms. The predicted molar refractivity (Wildman–Crippen MR) is 33.5 cm³/mol. The van der Waals surface area contributed by atoms with Crippen LogP contribution in [0, 0.1) is 0 Å². The zero-order valence-electron chi connectivity index (χ0n) is 5.05. The Hall–Kier alpha value is -0.720. The van der Waals surface area contributed by atoms with E-state index in [4.69, 9.17) is 4.74 Å². The summed E-state index contributed by atoms with van der Waals surface area (Å²) in [5.41, 5.74) is 0. The zero-order valence-corrected chi connectivity index (χ0v) is 5.05. The Morgan fingerprint density at radius 1 is 1.75 bits per heavy atom. The van der Waals surface area contributed by atoms with E-state index < -0.39 is 0 Å². The van der Waals surface area contributed by atoms with Crippen LogP contribution in [0.1, 0.15) is 13.3 Å². The zero-order chi connectivity index (χ0) is 5.82. The van der Waals surface area contributed by atoms with E-state index in [0.717, 1.165) is 18.8 Å². The number of rotatable bonds is 1. The van der Waals surface area contributed by atoms with Crippen molar-refractivity contribution in [3.8, 4) is 0 Å². The molecule has 1 heteroatoms. The lowest BCUT2D eigenvalue weighted by Gasteiger charge is -1.92. The number of ether oxygens (including phenoxy) is 1. The highest BCUT2D eigenvalue weighted by Crippen LogP contribution is 2.09. The molecule has 0 fully saturated rings. The predicted octanol–water partition coefficient (Wildman–Crippen LogP) is 1.87. The molecule has 0 aromatic rings. The molecule has 0 aromatic heterocycles. The van der Waals surface area contributed by atoms with Gasteiger partial charge in [0, 0.05) is 6.42 Å². The van der Waals surface area contributed by atoms with Gasteiger partial charge in [-0.05, 0) is 19.1 Å². The van der Waals surface area contributed by atoms with Crippen molar-refractivity contribution in [3.63, 3.8) is 0 Å². The molecule has 1 aliphatic heterocycles. The summed E-state index contributed by atoms with van der Waals surface area (Å²) in [6.07, 6.45) is 7.13. The molecule has 1 rings (SSSR count). The van der Waals surface area contributed by atoms with E-state index in [1.54, 1.807) is 0 Å². The smallest absolute Gasteiger partial charge is 0.115 e. The van der Waals surface area contributed by atoms with Crippen LogP contribution < -0.4 is 0 Å². The van der Waals surface area contributed by atoms with E-state index in [9.17, 15) is 0 Å². The van der Waals surface area contributed by atoms with Crippen molar-refractivity contribution in [2.45, 2.75) is 13.3 Å². The third-order valence-corrected chi connectivity index (χ3v) is 1.06. The van der Waals surface area contributed by atoms with Crippen LogP contribution >= 0.6 is 0 Å². The maximum absolute atomic E-state index is 5.17. The van der Waals surface area contributed by atoms with Gasteiger partial charge in [0.2, 0.25) is 0 Å². The second kappa shape index (κ2) is 2.55. The number of allylic oxidation sites excluding steroid dienone is 2. The van der Waals surface area contributed by atoms with E-state index >= 15 is 0 Å². The molecule has 0 aliphatic carbocycles. The summed E-state index contributed by atoms with van der Waals surface area (Å²) in [5.74, 6) is 1.02. The average Bonchev–Trinajstić information content (AvgIpc) is 2.19. The highest BCUT2D eigenvalue weighted by molar-refractivity contribution is 5.13. The van der Waals surface area contributed by atoms with Crippen LogP contribution in [-0.4, -0.2) is 6.61 Å². The van der Waals surface area contributed by atoms with Crippen LogP contribution in [-0.2, 0) is 4.74 Å². The second-order valence-electron chi connectivity index (χ2n) is 1.74. The van der Waals surface area contributed by atoms with Crippen molar-refractivity contribution in [2.75, 3.05) is 6.61 Å². The van der Waals surface area contributed by atoms with Gasteiger partial charge >= 0.3 is 0 Å². The summed E-state index contributed by atoms with van der Waals surface area (Å²) in [7, 11) is 0. The minimum absolute atomic E-state index is 0.861. The molecule has 0 N–H and O–H groups in total. The number of hydrogen-bond donors (Lipinski definition) is 0. The SMILES string of the molecule is C/C=C/C1=CCCO1. The van der Waals surface area contributed by atoms with Crippen LogP contribution in [0.4, 0.5) is 0 Å². The van der Waals surface area contributed by atoms with Gasteiger partial charge in [0.1, 0.15) is 5.76 Å². The lowest BCUT2D eigenvalue weighted by atomic mass is 10.4. The van der Waals surface area contributed by atoms with Crippen LogP contribution in [0.15, 0.2) is 24.0 Å². The first-order chi connectivity index (χ1) is 3.93. The lowest BCUT2D eigenvalue weighted by Crippen LogP contribution is -1.78. The molecular formula is C7H10O. The van der Waals surface area contributed by atoms with E-state index in [-0.39, 0.29) is 0 Å². The van der Waals surface area contributed by atoms with Crippen LogP contribution in [0.3, 0.4) is 0 Å². The van der Waals surface area contributed by atoms with E-state index in [0.29, 0.717) is 0 Å². The monoisotopic (exact) mass is 110 g/mol. The largest absolute Gasteiger partial charge is 0.494 e. The fourth-order valence-electron chi connectivity index (χ4n) is 0.717. The first-order valence-electron chi connectivity index (χ1n) is 2.89. The fraction of sp³-hybridized carbons (Fsp3) is 0.429. The molecule has 0 radical (unpaired) electrons. The molecule has 1 nitrogen and oxygen atoms in total. The average molecular weight is 110 g/mol. The summed E-state index contributed by atoms with van der Waals surface area (Å²) in [4.78, 5) is 0. The Balaban J connectivity index is 2.45. The molecule has 0 bridgehead atoms. The van der Waals surface area contributed by atoms with Crippen molar-refractivity contribution in [1.82, 2.24) is 0 Å². The molecule has 0 aromatic carbocycles. The summed E-state index contributed by atoms with van der Waals surface area (Å²) >= 11 is 0. The van der Waals surface area contributed by atoms with Crippen molar-refractivity contribution >= 4 is 0 Å². The van der Waals surface area contributed by atoms with Gasteiger partial charge in [-0.3, -0.25) is 0 Å². The molecule has 0 saturated heterocycles. The fourth-order valence-corrected chi connectivity index (χ4v) is 0.717. The van der Waals surface area contributed by atoms with Crippen molar-refractivity contribution in [2.24, 2.45) is 0 Å². The van der Waals surface area contributed by atoms with Gasteiger partial charge in [0.05, 0.1) is 6.61 Å². The van der Waals surface area contributed by atoms with Gasteiger partial charge in [-0.25, -0.2) is 0 Å². The van der Waals surface area contributed by atoms with Gasteiger partial charge < -0.3 is 4.74 Å².